The minimum Gasteiger partial charge on any atom is -0.381 e. The minimum absolute atomic E-state index is 0.0481. The van der Waals surface area contributed by atoms with Crippen LogP contribution in [0, 0.1) is 0 Å². The van der Waals surface area contributed by atoms with Gasteiger partial charge < -0.3 is 20.1 Å². The number of aromatic amines is 1. The predicted octanol–water partition coefficient (Wildman–Crippen LogP) is 4.59. The van der Waals surface area contributed by atoms with E-state index in [-0.39, 0.29) is 11.9 Å². The molecule has 6 nitrogen and oxygen atoms in total. The van der Waals surface area contributed by atoms with E-state index in [1.165, 1.54) is 25.7 Å². The molecule has 5 rings (SSSR count). The summed E-state index contributed by atoms with van der Waals surface area (Å²) in [4.78, 5) is 25.5. The van der Waals surface area contributed by atoms with E-state index >= 15 is 0 Å². The van der Waals surface area contributed by atoms with Crippen LogP contribution in [0.2, 0.25) is 5.02 Å². The molecule has 8 heteroatoms. The molecule has 1 aromatic carbocycles. The first-order valence-electron chi connectivity index (χ1n) is 11.7. The molecule has 2 aliphatic heterocycles. The molecule has 3 heterocycles. The smallest absolute Gasteiger partial charge is 0.224 e. The van der Waals surface area contributed by atoms with Gasteiger partial charge in [0.05, 0.1) is 29.4 Å². The minimum atomic E-state index is 0.0481. The number of likely N-dealkylation sites (N-methyl/N-ethyl adjacent to an activating group) is 1. The highest BCUT2D eigenvalue weighted by atomic mass is 35.5. The quantitative estimate of drug-likeness (QED) is 0.644. The maximum atomic E-state index is 12.8. The number of benzene rings is 1. The third-order valence-electron chi connectivity index (χ3n) is 7.01. The monoisotopic (exact) mass is 473 g/mol. The van der Waals surface area contributed by atoms with Gasteiger partial charge in [-0.1, -0.05) is 24.4 Å². The van der Waals surface area contributed by atoms with Crippen molar-refractivity contribution in [3.8, 4) is 0 Å². The fourth-order valence-corrected chi connectivity index (χ4v) is 6.37. The molecule has 32 heavy (non-hydrogen) atoms. The molecular formula is C24H32ClN5OS. The maximum Gasteiger partial charge on any atom is 0.224 e. The summed E-state index contributed by atoms with van der Waals surface area (Å²) in [6.07, 6.45) is 6.56. The lowest BCUT2D eigenvalue weighted by Gasteiger charge is -2.21. The van der Waals surface area contributed by atoms with E-state index in [1.807, 2.05) is 17.0 Å². The van der Waals surface area contributed by atoms with E-state index in [1.54, 1.807) is 11.8 Å². The number of anilines is 1. The van der Waals surface area contributed by atoms with Gasteiger partial charge in [-0.15, -0.1) is 11.8 Å². The van der Waals surface area contributed by atoms with Crippen molar-refractivity contribution in [2.45, 2.75) is 56.7 Å². The number of amides is 1. The molecule has 172 valence electrons. The Kier molecular flexibility index (Phi) is 6.41. The number of halogens is 1. The van der Waals surface area contributed by atoms with Crippen LogP contribution in [0.15, 0.2) is 23.2 Å². The number of carbonyl (C=O) groups excluding carboxylic acids is 1. The molecule has 3 aliphatic rings. The molecule has 0 bridgehead atoms. The zero-order valence-electron chi connectivity index (χ0n) is 18.9. The molecule has 1 aliphatic carbocycles. The van der Waals surface area contributed by atoms with E-state index < -0.39 is 0 Å². The van der Waals surface area contributed by atoms with Crippen molar-refractivity contribution in [3.63, 3.8) is 0 Å². The zero-order chi connectivity index (χ0) is 22.2. The second-order valence-corrected chi connectivity index (χ2v) is 11.0. The van der Waals surface area contributed by atoms with E-state index in [4.69, 9.17) is 16.6 Å². The van der Waals surface area contributed by atoms with Crippen LogP contribution < -0.4 is 5.32 Å². The summed E-state index contributed by atoms with van der Waals surface area (Å²) in [7, 11) is 4.18. The van der Waals surface area contributed by atoms with Crippen molar-refractivity contribution in [2.75, 3.05) is 38.3 Å². The molecule has 1 amide bonds. The summed E-state index contributed by atoms with van der Waals surface area (Å²) in [6, 6.07) is 7.21. The first kappa shape index (κ1) is 22.1. The number of rotatable bonds is 6. The molecule has 2 N–H and O–H groups in total. The Morgan fingerprint density at radius 1 is 1.28 bits per heavy atom. The highest BCUT2D eigenvalue weighted by molar-refractivity contribution is 8.14. The Bertz CT molecular complexity index is 1030. The van der Waals surface area contributed by atoms with E-state index in [0.717, 1.165) is 57.6 Å². The third kappa shape index (κ3) is 4.66. The molecular weight excluding hydrogens is 442 g/mol. The van der Waals surface area contributed by atoms with Gasteiger partial charge in [0.1, 0.15) is 5.04 Å². The van der Waals surface area contributed by atoms with Crippen LogP contribution in [0.1, 0.15) is 44.2 Å². The third-order valence-corrected chi connectivity index (χ3v) is 8.38. The molecule has 2 aromatic rings. The molecule has 0 radical (unpaired) electrons. The summed E-state index contributed by atoms with van der Waals surface area (Å²) in [6.45, 7) is 1.69. The van der Waals surface area contributed by atoms with Crippen molar-refractivity contribution < 1.29 is 4.79 Å². The van der Waals surface area contributed by atoms with E-state index in [9.17, 15) is 4.79 Å². The van der Waals surface area contributed by atoms with Crippen LogP contribution in [0.3, 0.4) is 0 Å². The molecule has 1 aromatic heterocycles. The number of thioether (sulfide) groups is 1. The Morgan fingerprint density at radius 3 is 2.84 bits per heavy atom. The second-order valence-electron chi connectivity index (χ2n) is 9.58. The van der Waals surface area contributed by atoms with Crippen LogP contribution in [0.4, 0.5) is 5.69 Å². The first-order chi connectivity index (χ1) is 15.5. The number of H-pyrrole nitrogens is 1. The lowest BCUT2D eigenvalue weighted by atomic mass is 10.2. The standard InChI is InChI=1S/C24H32ClN5OS/c1-29(2)19-7-8-30(13-19)22(31)12-18-14-32-24(27-18)21-10-15-9-16(25)11-20(23(15)28-21)26-17-5-3-4-6-17/h9-11,17-19,26,28H,3-8,12-14H2,1-2H3/t18-,19?/m1/s1. The van der Waals surface area contributed by atoms with Gasteiger partial charge >= 0.3 is 0 Å². The van der Waals surface area contributed by atoms with Crippen molar-refractivity contribution in [3.05, 3.63) is 28.9 Å². The molecule has 1 unspecified atom stereocenters. The number of nitrogens with one attached hydrogen (secondary N) is 2. The number of aromatic nitrogens is 1. The number of hydrogen-bond acceptors (Lipinski definition) is 5. The summed E-state index contributed by atoms with van der Waals surface area (Å²) in [5.41, 5.74) is 3.18. The van der Waals surface area contributed by atoms with Crippen molar-refractivity contribution in [1.29, 1.82) is 0 Å². The Morgan fingerprint density at radius 2 is 2.09 bits per heavy atom. The van der Waals surface area contributed by atoms with Gasteiger partial charge in [-0.2, -0.15) is 0 Å². The van der Waals surface area contributed by atoms with Crippen LogP contribution in [-0.2, 0) is 4.79 Å². The number of nitrogens with zero attached hydrogens (tertiary/aromatic N) is 3. The molecule has 2 atom stereocenters. The van der Waals surface area contributed by atoms with Crippen molar-refractivity contribution in [2.24, 2.45) is 4.99 Å². The van der Waals surface area contributed by atoms with Gasteiger partial charge in [-0.3, -0.25) is 9.79 Å². The van der Waals surface area contributed by atoms with Crippen LogP contribution in [-0.4, -0.2) is 76.8 Å². The second kappa shape index (κ2) is 9.27. The Labute approximate surface area is 199 Å². The van der Waals surface area contributed by atoms with E-state index in [2.05, 4.69) is 35.4 Å². The Balaban J connectivity index is 1.29. The number of fused-ring (bicyclic) bond motifs is 1. The lowest BCUT2D eigenvalue weighted by Crippen LogP contribution is -2.35. The summed E-state index contributed by atoms with van der Waals surface area (Å²) < 4.78 is 0. The highest BCUT2D eigenvalue weighted by Gasteiger charge is 2.30. The maximum absolute atomic E-state index is 12.8. The number of hydrogen-bond donors (Lipinski definition) is 2. The lowest BCUT2D eigenvalue weighted by molar-refractivity contribution is -0.130. The number of likely N-dealkylation sites (tertiary alicyclic amines) is 1. The number of aliphatic imine (C=N–C) groups is 1. The number of carbonyl (C=O) groups is 1. The topological polar surface area (TPSA) is 63.7 Å². The fraction of sp³-hybridized carbons (Fsp3) is 0.583. The highest BCUT2D eigenvalue weighted by Crippen LogP contribution is 2.34. The van der Waals surface area contributed by atoms with Gasteiger partial charge in [0.15, 0.2) is 0 Å². The van der Waals surface area contributed by atoms with Crippen LogP contribution >= 0.6 is 23.4 Å². The van der Waals surface area contributed by atoms with E-state index in [0.29, 0.717) is 18.5 Å². The van der Waals surface area contributed by atoms with Gasteiger partial charge in [0.2, 0.25) is 5.91 Å². The van der Waals surface area contributed by atoms with Crippen molar-refractivity contribution >= 4 is 50.9 Å². The Hall–Kier alpha value is -1.70. The molecule has 1 saturated carbocycles. The van der Waals surface area contributed by atoms with Gasteiger partial charge in [-0.05, 0) is 51.6 Å². The summed E-state index contributed by atoms with van der Waals surface area (Å²) >= 11 is 8.15. The predicted molar refractivity (Wildman–Crippen MR) is 135 cm³/mol. The average Bonchev–Trinajstić information content (AvgIpc) is 3.53. The molecule has 2 fully saturated rings. The van der Waals surface area contributed by atoms with Gasteiger partial charge in [-0.25, -0.2) is 0 Å². The van der Waals surface area contributed by atoms with Crippen LogP contribution in [0.5, 0.6) is 0 Å². The van der Waals surface area contributed by atoms with Crippen LogP contribution in [0.25, 0.3) is 10.9 Å². The SMILES string of the molecule is CN(C)C1CCN(C(=O)C[C@@H]2CSC(c3cc4cc(Cl)cc(NC5CCCC5)c4[nH]3)=N2)C1. The average molecular weight is 474 g/mol. The van der Waals surface area contributed by atoms with Crippen molar-refractivity contribution in [1.82, 2.24) is 14.8 Å². The largest absolute Gasteiger partial charge is 0.381 e. The van der Waals surface area contributed by atoms with Gasteiger partial charge in [0, 0.05) is 41.3 Å². The van der Waals surface area contributed by atoms with Gasteiger partial charge in [0.25, 0.3) is 0 Å². The normalized spacial score (nSPS) is 24.1. The molecule has 0 spiro atoms. The zero-order valence-corrected chi connectivity index (χ0v) is 20.4. The summed E-state index contributed by atoms with van der Waals surface area (Å²) in [5.74, 6) is 1.09. The summed E-state index contributed by atoms with van der Waals surface area (Å²) in [5, 5.41) is 6.53. The molecule has 1 saturated heterocycles. The first-order valence-corrected chi connectivity index (χ1v) is 13.1. The fourth-order valence-electron chi connectivity index (χ4n) is 5.11.